The van der Waals surface area contributed by atoms with E-state index in [-0.39, 0.29) is 47.0 Å². The summed E-state index contributed by atoms with van der Waals surface area (Å²) in [5.74, 6) is -1.36. The Morgan fingerprint density at radius 2 is 1.83 bits per heavy atom. The number of carbonyl (C=O) groups is 1. The zero-order chi connectivity index (χ0) is 17.1. The van der Waals surface area contributed by atoms with Gasteiger partial charge >= 0.3 is 5.97 Å². The predicted octanol–water partition coefficient (Wildman–Crippen LogP) is 2.28. The van der Waals surface area contributed by atoms with Gasteiger partial charge in [0.1, 0.15) is 0 Å². The first-order valence-electron chi connectivity index (χ1n) is 6.59. The van der Waals surface area contributed by atoms with Crippen LogP contribution in [0.1, 0.15) is 22.3 Å². The maximum atomic E-state index is 11.6. The molecule has 0 spiro atoms. The SMILES string of the molecule is O=C(O)c1c(CCCO)c([N+](=O)[O-])cc2cc([N+](=O)[O-])ccc12. The minimum Gasteiger partial charge on any atom is -0.478 e. The van der Waals surface area contributed by atoms with E-state index < -0.39 is 21.5 Å². The standard InChI is InChI=1S/C14H12N2O7/c17-5-1-2-11-12(16(22)23)7-8-6-9(15(20)21)3-4-10(8)13(11)14(18)19/h3-4,6-7,17H,1-2,5H2,(H,18,19). The first-order valence-corrected chi connectivity index (χ1v) is 6.59. The molecule has 0 radical (unpaired) electrons. The van der Waals surface area contributed by atoms with Gasteiger partial charge in [0, 0.05) is 30.4 Å². The molecule has 2 N–H and O–H groups in total. The van der Waals surface area contributed by atoms with Gasteiger partial charge in [-0.1, -0.05) is 0 Å². The highest BCUT2D eigenvalue weighted by atomic mass is 16.6. The molecule has 0 aliphatic carbocycles. The fraction of sp³-hybridized carbons (Fsp3) is 0.214. The number of hydrogen-bond acceptors (Lipinski definition) is 6. The molecule has 9 nitrogen and oxygen atoms in total. The zero-order valence-electron chi connectivity index (χ0n) is 11.8. The second kappa shape index (κ2) is 6.36. The molecule has 0 amide bonds. The Morgan fingerprint density at radius 1 is 1.13 bits per heavy atom. The van der Waals surface area contributed by atoms with Crippen molar-refractivity contribution in [2.75, 3.05) is 6.61 Å². The number of nitrogens with zero attached hydrogens (tertiary/aromatic N) is 2. The maximum Gasteiger partial charge on any atom is 0.336 e. The molecular formula is C14H12N2O7. The third-order valence-electron chi connectivity index (χ3n) is 3.41. The third kappa shape index (κ3) is 3.09. The van der Waals surface area contributed by atoms with Crippen molar-refractivity contribution in [3.05, 3.63) is 55.6 Å². The van der Waals surface area contributed by atoms with Crippen LogP contribution in [0.2, 0.25) is 0 Å². The normalized spacial score (nSPS) is 10.7. The minimum absolute atomic E-state index is 0.00194. The molecule has 0 aliphatic heterocycles. The summed E-state index contributed by atoms with van der Waals surface area (Å²) < 4.78 is 0. The van der Waals surface area contributed by atoms with E-state index in [2.05, 4.69) is 0 Å². The number of fused-ring (bicyclic) bond motifs is 1. The molecule has 120 valence electrons. The molecule has 0 bridgehead atoms. The van der Waals surface area contributed by atoms with Crippen LogP contribution in [0.5, 0.6) is 0 Å². The van der Waals surface area contributed by atoms with Crippen LogP contribution >= 0.6 is 0 Å². The summed E-state index contributed by atoms with van der Waals surface area (Å²) in [6.07, 6.45) is 0.182. The third-order valence-corrected chi connectivity index (χ3v) is 3.41. The summed E-state index contributed by atoms with van der Waals surface area (Å²) in [6.45, 7) is -0.242. The topological polar surface area (TPSA) is 144 Å². The number of rotatable bonds is 6. The summed E-state index contributed by atoms with van der Waals surface area (Å²) in [5.41, 5.74) is -0.981. The Hall–Kier alpha value is -3.07. The lowest BCUT2D eigenvalue weighted by atomic mass is 9.94. The van der Waals surface area contributed by atoms with Crippen LogP contribution in [0, 0.1) is 20.2 Å². The van der Waals surface area contributed by atoms with Crippen LogP contribution in [-0.2, 0) is 6.42 Å². The van der Waals surface area contributed by atoms with Crippen molar-refractivity contribution in [1.29, 1.82) is 0 Å². The number of nitro benzene ring substituents is 2. The van der Waals surface area contributed by atoms with Crippen LogP contribution in [0.15, 0.2) is 24.3 Å². The molecule has 2 aromatic carbocycles. The Bertz CT molecular complexity index is 816. The monoisotopic (exact) mass is 320 g/mol. The fourth-order valence-electron chi connectivity index (χ4n) is 2.45. The van der Waals surface area contributed by atoms with E-state index in [1.807, 2.05) is 0 Å². The summed E-state index contributed by atoms with van der Waals surface area (Å²) in [6, 6.07) is 4.64. The number of nitro groups is 2. The Morgan fingerprint density at radius 3 is 2.35 bits per heavy atom. The number of aromatic carboxylic acids is 1. The van der Waals surface area contributed by atoms with Crippen molar-refractivity contribution >= 4 is 28.1 Å². The van der Waals surface area contributed by atoms with Crippen LogP contribution in [0.25, 0.3) is 10.8 Å². The number of non-ortho nitro benzene ring substituents is 1. The van der Waals surface area contributed by atoms with E-state index in [0.717, 1.165) is 18.2 Å². The number of carboxylic acid groups (broad SMARTS) is 1. The molecule has 0 fully saturated rings. The largest absolute Gasteiger partial charge is 0.478 e. The van der Waals surface area contributed by atoms with Crippen LogP contribution in [0.3, 0.4) is 0 Å². The van der Waals surface area contributed by atoms with E-state index in [1.165, 1.54) is 6.07 Å². The number of hydrogen-bond donors (Lipinski definition) is 2. The fourth-order valence-corrected chi connectivity index (χ4v) is 2.45. The molecule has 0 saturated heterocycles. The van der Waals surface area contributed by atoms with E-state index in [9.17, 15) is 30.1 Å². The Kier molecular flexibility index (Phi) is 4.51. The molecule has 0 saturated carbocycles. The quantitative estimate of drug-likeness (QED) is 0.613. The van der Waals surface area contributed by atoms with Gasteiger partial charge < -0.3 is 10.2 Å². The molecule has 23 heavy (non-hydrogen) atoms. The van der Waals surface area contributed by atoms with Crippen molar-refractivity contribution in [1.82, 2.24) is 0 Å². The van der Waals surface area contributed by atoms with Crippen LogP contribution < -0.4 is 0 Å². The Balaban J connectivity index is 2.85. The average molecular weight is 320 g/mol. The van der Waals surface area contributed by atoms with Crippen molar-refractivity contribution in [2.45, 2.75) is 12.8 Å². The minimum atomic E-state index is -1.36. The van der Waals surface area contributed by atoms with E-state index >= 15 is 0 Å². The van der Waals surface area contributed by atoms with Gasteiger partial charge in [0.05, 0.1) is 15.4 Å². The van der Waals surface area contributed by atoms with Gasteiger partial charge in [0.2, 0.25) is 0 Å². The van der Waals surface area contributed by atoms with Crippen molar-refractivity contribution < 1.29 is 24.9 Å². The first-order chi connectivity index (χ1) is 10.9. The summed E-state index contributed by atoms with van der Waals surface area (Å²) in [5, 5.41) is 40.7. The molecular weight excluding hydrogens is 308 g/mol. The van der Waals surface area contributed by atoms with Crippen molar-refractivity contribution in [3.63, 3.8) is 0 Å². The van der Waals surface area contributed by atoms with E-state index in [0.29, 0.717) is 0 Å². The first kappa shape index (κ1) is 16.3. The van der Waals surface area contributed by atoms with Crippen molar-refractivity contribution in [2.24, 2.45) is 0 Å². The predicted molar refractivity (Wildman–Crippen MR) is 79.6 cm³/mol. The van der Waals surface area contributed by atoms with Gasteiger partial charge in [-0.25, -0.2) is 4.79 Å². The molecule has 2 aromatic rings. The summed E-state index contributed by atoms with van der Waals surface area (Å²) in [4.78, 5) is 32.2. The van der Waals surface area contributed by atoms with Crippen LogP contribution in [-0.4, -0.2) is 32.6 Å². The summed E-state index contributed by atoms with van der Waals surface area (Å²) >= 11 is 0. The molecule has 0 aliphatic rings. The number of aliphatic hydroxyl groups excluding tert-OH is 1. The highest BCUT2D eigenvalue weighted by Crippen LogP contribution is 2.33. The molecule has 2 rings (SSSR count). The van der Waals surface area contributed by atoms with Gasteiger partial charge in [-0.3, -0.25) is 20.2 Å². The van der Waals surface area contributed by atoms with Crippen LogP contribution in [0.4, 0.5) is 11.4 Å². The van der Waals surface area contributed by atoms with Gasteiger partial charge in [-0.15, -0.1) is 0 Å². The van der Waals surface area contributed by atoms with Gasteiger partial charge in [-0.05, 0) is 29.7 Å². The molecule has 0 aromatic heterocycles. The van der Waals surface area contributed by atoms with Gasteiger partial charge in [0.25, 0.3) is 11.4 Å². The Labute approximate surface area is 129 Å². The van der Waals surface area contributed by atoms with Gasteiger partial charge in [0.15, 0.2) is 0 Å². The van der Waals surface area contributed by atoms with Gasteiger partial charge in [-0.2, -0.15) is 0 Å². The van der Waals surface area contributed by atoms with E-state index in [1.54, 1.807) is 0 Å². The zero-order valence-corrected chi connectivity index (χ0v) is 11.8. The highest BCUT2D eigenvalue weighted by Gasteiger charge is 2.25. The van der Waals surface area contributed by atoms with E-state index in [4.69, 9.17) is 5.11 Å². The second-order valence-electron chi connectivity index (χ2n) is 4.80. The lowest BCUT2D eigenvalue weighted by molar-refractivity contribution is -0.385. The highest BCUT2D eigenvalue weighted by molar-refractivity contribution is 6.07. The number of aliphatic hydroxyl groups is 1. The van der Waals surface area contributed by atoms with Crippen molar-refractivity contribution in [3.8, 4) is 0 Å². The second-order valence-corrected chi connectivity index (χ2v) is 4.80. The molecule has 0 unspecified atom stereocenters. The average Bonchev–Trinajstić information content (AvgIpc) is 2.50. The lowest BCUT2D eigenvalue weighted by Crippen LogP contribution is -2.08. The lowest BCUT2D eigenvalue weighted by Gasteiger charge is -2.10. The smallest absolute Gasteiger partial charge is 0.336 e. The molecule has 0 heterocycles. The number of benzene rings is 2. The number of carboxylic acids is 1. The summed E-state index contributed by atoms with van der Waals surface area (Å²) in [7, 11) is 0. The molecule has 0 atom stereocenters. The maximum absolute atomic E-state index is 11.6. The molecule has 9 heteroatoms.